The number of ether oxygens (including phenoxy) is 1. The summed E-state index contributed by atoms with van der Waals surface area (Å²) in [5, 5.41) is 19.7. The van der Waals surface area contributed by atoms with E-state index in [0.29, 0.717) is 12.5 Å². The number of carbonyl (C=O) groups is 1. The fourth-order valence-corrected chi connectivity index (χ4v) is 1.85. The smallest absolute Gasteiger partial charge is 0.338 e. The molecule has 0 heterocycles. The molecule has 0 unspecified atom stereocenters. The quantitative estimate of drug-likeness (QED) is 0.425. The number of carboxylic acids is 1. The summed E-state index contributed by atoms with van der Waals surface area (Å²) in [6.07, 6.45) is 4.89. The minimum Gasteiger partial charge on any atom is -0.487 e. The molecule has 1 N–H and O–H groups in total. The third kappa shape index (κ3) is 5.02. The molecule has 0 spiro atoms. The number of nitro groups is 1. The Morgan fingerprint density at radius 3 is 2.57 bits per heavy atom. The highest BCUT2D eigenvalue weighted by Crippen LogP contribution is 2.30. The molecule has 1 aromatic carbocycles. The largest absolute Gasteiger partial charge is 0.487 e. The van der Waals surface area contributed by atoms with Gasteiger partial charge in [-0.2, -0.15) is 0 Å². The van der Waals surface area contributed by atoms with Gasteiger partial charge in [0.15, 0.2) is 5.75 Å². The van der Waals surface area contributed by atoms with Gasteiger partial charge in [0.2, 0.25) is 0 Å². The van der Waals surface area contributed by atoms with E-state index >= 15 is 0 Å². The lowest BCUT2D eigenvalue weighted by atomic mass is 10.1. The molecule has 0 saturated heterocycles. The molecule has 21 heavy (non-hydrogen) atoms. The average Bonchev–Trinajstić information content (AvgIpc) is 2.43. The van der Waals surface area contributed by atoms with Crippen LogP contribution in [0.3, 0.4) is 0 Å². The Morgan fingerprint density at radius 2 is 2.00 bits per heavy atom. The molecule has 0 fully saturated rings. The number of rotatable bonds is 9. The van der Waals surface area contributed by atoms with E-state index in [4.69, 9.17) is 9.84 Å². The van der Waals surface area contributed by atoms with Crippen LogP contribution in [0.15, 0.2) is 12.1 Å². The van der Waals surface area contributed by atoms with Crippen molar-refractivity contribution >= 4 is 11.7 Å². The number of nitro benzene ring substituents is 1. The number of nitrogens with zero attached hydrogens (tertiary/aromatic N) is 1. The summed E-state index contributed by atoms with van der Waals surface area (Å²) in [6.45, 7) is 2.32. The molecule has 0 aliphatic carbocycles. The van der Waals surface area contributed by atoms with E-state index in [1.165, 1.54) is 0 Å². The van der Waals surface area contributed by atoms with Crippen LogP contribution in [0.25, 0.3) is 0 Å². The van der Waals surface area contributed by atoms with Crippen molar-refractivity contribution in [3.05, 3.63) is 33.6 Å². The Labute approximate surface area is 121 Å². The third-order valence-corrected chi connectivity index (χ3v) is 2.98. The van der Waals surface area contributed by atoms with Crippen molar-refractivity contribution in [1.82, 2.24) is 0 Å². The van der Waals surface area contributed by atoms with Gasteiger partial charge >= 0.3 is 11.7 Å². The van der Waals surface area contributed by atoms with E-state index in [-0.39, 0.29) is 12.4 Å². The Morgan fingerprint density at radius 1 is 1.33 bits per heavy atom. The van der Waals surface area contributed by atoms with E-state index in [1.807, 2.05) is 0 Å². The molecule has 1 aromatic rings. The number of benzene rings is 1. The SMILES string of the molecule is CCCCCCCOc1cc(C(=O)O)c(F)cc1[N+](=O)[O-]. The minimum absolute atomic E-state index is 0.214. The first-order chi connectivity index (χ1) is 9.97. The van der Waals surface area contributed by atoms with Crippen LogP contribution in [0.2, 0.25) is 0 Å². The van der Waals surface area contributed by atoms with Gasteiger partial charge in [0, 0.05) is 6.07 Å². The molecule has 116 valence electrons. The van der Waals surface area contributed by atoms with Crippen LogP contribution < -0.4 is 4.74 Å². The monoisotopic (exact) mass is 299 g/mol. The van der Waals surface area contributed by atoms with E-state index < -0.39 is 28.0 Å². The van der Waals surface area contributed by atoms with Crippen molar-refractivity contribution in [3.63, 3.8) is 0 Å². The third-order valence-electron chi connectivity index (χ3n) is 2.98. The lowest BCUT2D eigenvalue weighted by molar-refractivity contribution is -0.386. The van der Waals surface area contributed by atoms with E-state index in [1.54, 1.807) is 0 Å². The van der Waals surface area contributed by atoms with Crippen molar-refractivity contribution < 1.29 is 24.0 Å². The summed E-state index contributed by atoms with van der Waals surface area (Å²) >= 11 is 0. The van der Waals surface area contributed by atoms with Gasteiger partial charge in [0.1, 0.15) is 5.82 Å². The first-order valence-electron chi connectivity index (χ1n) is 6.81. The van der Waals surface area contributed by atoms with Crippen molar-refractivity contribution in [2.45, 2.75) is 39.0 Å². The predicted octanol–water partition coefficient (Wildman–Crippen LogP) is 3.78. The van der Waals surface area contributed by atoms with Gasteiger partial charge in [-0.1, -0.05) is 32.6 Å². The highest BCUT2D eigenvalue weighted by Gasteiger charge is 2.22. The number of unbranched alkanes of at least 4 members (excludes halogenated alkanes) is 4. The molecule has 0 saturated carbocycles. The summed E-state index contributed by atoms with van der Waals surface area (Å²) in [5.74, 6) is -2.85. The Balaban J connectivity index is 2.76. The summed E-state index contributed by atoms with van der Waals surface area (Å²) in [7, 11) is 0. The second kappa shape index (κ2) is 8.18. The van der Waals surface area contributed by atoms with Crippen LogP contribution in [0.5, 0.6) is 5.75 Å². The second-order valence-corrected chi connectivity index (χ2v) is 4.62. The lowest BCUT2D eigenvalue weighted by Crippen LogP contribution is -2.06. The second-order valence-electron chi connectivity index (χ2n) is 4.62. The van der Waals surface area contributed by atoms with Crippen molar-refractivity contribution in [1.29, 1.82) is 0 Å². The highest BCUT2D eigenvalue weighted by atomic mass is 19.1. The zero-order valence-electron chi connectivity index (χ0n) is 11.8. The highest BCUT2D eigenvalue weighted by molar-refractivity contribution is 5.89. The summed E-state index contributed by atoms with van der Waals surface area (Å²) in [6, 6.07) is 1.44. The number of carboxylic acid groups (broad SMARTS) is 1. The molecule has 0 radical (unpaired) electrons. The van der Waals surface area contributed by atoms with Crippen molar-refractivity contribution in [2.75, 3.05) is 6.61 Å². The van der Waals surface area contributed by atoms with Crippen LogP contribution in [0.4, 0.5) is 10.1 Å². The lowest BCUT2D eigenvalue weighted by Gasteiger charge is -2.08. The minimum atomic E-state index is -1.49. The van der Waals surface area contributed by atoms with Crippen molar-refractivity contribution in [3.8, 4) is 5.75 Å². The number of halogens is 1. The summed E-state index contributed by atoms with van der Waals surface area (Å²) in [5.41, 5.74) is -1.20. The van der Waals surface area contributed by atoms with Gasteiger partial charge in [0.05, 0.1) is 23.2 Å². The van der Waals surface area contributed by atoms with Crippen LogP contribution in [-0.4, -0.2) is 22.6 Å². The molecule has 6 nitrogen and oxygen atoms in total. The Kier molecular flexibility index (Phi) is 6.58. The zero-order valence-corrected chi connectivity index (χ0v) is 11.8. The fourth-order valence-electron chi connectivity index (χ4n) is 1.85. The van der Waals surface area contributed by atoms with Gasteiger partial charge in [-0.05, 0) is 6.42 Å². The number of aromatic carboxylic acids is 1. The van der Waals surface area contributed by atoms with E-state index in [0.717, 1.165) is 31.7 Å². The molecule has 0 aromatic heterocycles. The average molecular weight is 299 g/mol. The molecule has 1 rings (SSSR count). The Hall–Kier alpha value is -2.18. The van der Waals surface area contributed by atoms with Gasteiger partial charge in [-0.15, -0.1) is 0 Å². The van der Waals surface area contributed by atoms with E-state index in [2.05, 4.69) is 6.92 Å². The zero-order chi connectivity index (χ0) is 15.8. The van der Waals surface area contributed by atoms with Crippen LogP contribution in [0.1, 0.15) is 49.4 Å². The maximum absolute atomic E-state index is 13.4. The molecule has 0 atom stereocenters. The standard InChI is InChI=1S/C14H18FNO5/c1-2-3-4-5-6-7-21-13-8-10(14(17)18)11(15)9-12(13)16(19)20/h8-9H,2-7H2,1H3,(H,17,18). The maximum atomic E-state index is 13.4. The van der Waals surface area contributed by atoms with E-state index in [9.17, 15) is 19.3 Å². The molecule has 0 amide bonds. The Bertz CT molecular complexity index is 518. The van der Waals surface area contributed by atoms with Gasteiger partial charge < -0.3 is 9.84 Å². The molecule has 0 aliphatic rings. The predicted molar refractivity (Wildman–Crippen MR) is 74.3 cm³/mol. The maximum Gasteiger partial charge on any atom is 0.338 e. The van der Waals surface area contributed by atoms with Crippen LogP contribution in [0, 0.1) is 15.9 Å². The van der Waals surface area contributed by atoms with Gasteiger partial charge in [0.25, 0.3) is 0 Å². The molecule has 7 heteroatoms. The molecule has 0 bridgehead atoms. The van der Waals surface area contributed by atoms with Gasteiger partial charge in [-0.3, -0.25) is 10.1 Å². The normalized spacial score (nSPS) is 10.4. The number of hydrogen-bond acceptors (Lipinski definition) is 4. The fraction of sp³-hybridized carbons (Fsp3) is 0.500. The summed E-state index contributed by atoms with van der Waals surface area (Å²) < 4.78 is 18.7. The molecular weight excluding hydrogens is 281 g/mol. The molecular formula is C14H18FNO5. The molecule has 0 aliphatic heterocycles. The first-order valence-corrected chi connectivity index (χ1v) is 6.81. The topological polar surface area (TPSA) is 89.7 Å². The first kappa shape index (κ1) is 16.9. The van der Waals surface area contributed by atoms with Gasteiger partial charge in [-0.25, -0.2) is 9.18 Å². The number of hydrogen-bond donors (Lipinski definition) is 1. The van der Waals surface area contributed by atoms with Crippen LogP contribution >= 0.6 is 0 Å². The van der Waals surface area contributed by atoms with Crippen molar-refractivity contribution in [2.24, 2.45) is 0 Å². The van der Waals surface area contributed by atoms with Crippen LogP contribution in [-0.2, 0) is 0 Å². The summed E-state index contributed by atoms with van der Waals surface area (Å²) in [4.78, 5) is 20.9.